The average Bonchev–Trinajstić information content (AvgIpc) is 3.33. The Kier molecular flexibility index (Phi) is 6.42. The van der Waals surface area contributed by atoms with E-state index in [0.717, 1.165) is 49.1 Å². The summed E-state index contributed by atoms with van der Waals surface area (Å²) < 4.78 is 7.11. The Morgan fingerprint density at radius 3 is 2.52 bits per heavy atom. The molecule has 2 heterocycles. The first-order valence-electron chi connectivity index (χ1n) is 10.4. The lowest BCUT2D eigenvalue weighted by molar-refractivity contribution is -0.126. The van der Waals surface area contributed by atoms with Crippen molar-refractivity contribution in [1.82, 2.24) is 30.4 Å². The Morgan fingerprint density at radius 1 is 1.06 bits per heavy atom. The Hall–Kier alpha value is -3.46. The van der Waals surface area contributed by atoms with Gasteiger partial charge in [0.25, 0.3) is 0 Å². The van der Waals surface area contributed by atoms with Crippen LogP contribution in [0.5, 0.6) is 5.75 Å². The van der Waals surface area contributed by atoms with Crippen molar-refractivity contribution in [1.29, 1.82) is 0 Å². The van der Waals surface area contributed by atoms with Crippen molar-refractivity contribution in [3.63, 3.8) is 0 Å². The molecule has 1 aliphatic heterocycles. The molecule has 9 nitrogen and oxygen atoms in total. The smallest absolute Gasteiger partial charge is 0.250 e. The maximum atomic E-state index is 12.7. The van der Waals surface area contributed by atoms with Crippen LogP contribution in [-0.4, -0.2) is 70.3 Å². The van der Waals surface area contributed by atoms with Gasteiger partial charge in [0, 0.05) is 38.3 Å². The molecule has 0 aliphatic carbocycles. The van der Waals surface area contributed by atoms with Gasteiger partial charge in [-0.15, -0.1) is 0 Å². The zero-order valence-electron chi connectivity index (χ0n) is 17.8. The van der Waals surface area contributed by atoms with Gasteiger partial charge in [-0.25, -0.2) is 0 Å². The van der Waals surface area contributed by atoms with Crippen LogP contribution >= 0.6 is 0 Å². The number of benzene rings is 2. The molecule has 1 aliphatic rings. The molecule has 31 heavy (non-hydrogen) atoms. The van der Waals surface area contributed by atoms with E-state index in [1.54, 1.807) is 11.8 Å². The number of piperazine rings is 1. The first kappa shape index (κ1) is 20.8. The SMILES string of the molecule is COc1ccccc1CNC(=O)C(C)N1CCN(c2nnnn2-c2ccccc2)CC1. The maximum Gasteiger partial charge on any atom is 0.250 e. The van der Waals surface area contributed by atoms with E-state index in [1.165, 1.54) is 0 Å². The van der Waals surface area contributed by atoms with E-state index in [1.807, 2.05) is 61.5 Å². The number of methoxy groups -OCH3 is 1. The highest BCUT2D eigenvalue weighted by molar-refractivity contribution is 5.81. The van der Waals surface area contributed by atoms with Gasteiger partial charge in [0.1, 0.15) is 5.75 Å². The number of tetrazole rings is 1. The first-order valence-corrected chi connectivity index (χ1v) is 10.4. The number of nitrogens with zero attached hydrogens (tertiary/aromatic N) is 6. The number of carbonyl (C=O) groups is 1. The monoisotopic (exact) mass is 421 g/mol. The second-order valence-electron chi connectivity index (χ2n) is 7.45. The van der Waals surface area contributed by atoms with Gasteiger partial charge in [0.2, 0.25) is 11.9 Å². The van der Waals surface area contributed by atoms with Crippen molar-refractivity contribution in [3.8, 4) is 11.4 Å². The van der Waals surface area contributed by atoms with Gasteiger partial charge in [0.05, 0.1) is 18.8 Å². The molecule has 2 aromatic carbocycles. The quantitative estimate of drug-likeness (QED) is 0.618. The number of nitrogens with one attached hydrogen (secondary N) is 1. The second kappa shape index (κ2) is 9.57. The van der Waals surface area contributed by atoms with E-state index in [2.05, 4.69) is 30.6 Å². The summed E-state index contributed by atoms with van der Waals surface area (Å²) in [6, 6.07) is 17.3. The normalized spacial score (nSPS) is 15.5. The second-order valence-corrected chi connectivity index (χ2v) is 7.45. The van der Waals surface area contributed by atoms with Crippen molar-refractivity contribution in [2.24, 2.45) is 0 Å². The van der Waals surface area contributed by atoms with Crippen LogP contribution in [0, 0.1) is 0 Å². The number of aromatic nitrogens is 4. The van der Waals surface area contributed by atoms with Gasteiger partial charge < -0.3 is 15.0 Å². The van der Waals surface area contributed by atoms with Gasteiger partial charge >= 0.3 is 0 Å². The summed E-state index contributed by atoms with van der Waals surface area (Å²) in [5.41, 5.74) is 1.89. The van der Waals surface area contributed by atoms with E-state index in [4.69, 9.17) is 4.74 Å². The van der Waals surface area contributed by atoms with Crippen LogP contribution < -0.4 is 15.0 Å². The fourth-order valence-corrected chi connectivity index (χ4v) is 3.77. The molecule has 1 unspecified atom stereocenters. The molecular weight excluding hydrogens is 394 g/mol. The van der Waals surface area contributed by atoms with E-state index in [-0.39, 0.29) is 11.9 Å². The predicted octanol–water partition coefficient (Wildman–Crippen LogP) is 1.50. The minimum Gasteiger partial charge on any atom is -0.496 e. The van der Waals surface area contributed by atoms with E-state index < -0.39 is 0 Å². The zero-order chi connectivity index (χ0) is 21.6. The number of rotatable bonds is 7. The topological polar surface area (TPSA) is 88.4 Å². The lowest BCUT2D eigenvalue weighted by Crippen LogP contribution is -2.54. The number of amides is 1. The predicted molar refractivity (Wildman–Crippen MR) is 117 cm³/mol. The highest BCUT2D eigenvalue weighted by atomic mass is 16.5. The van der Waals surface area contributed by atoms with Crippen molar-refractivity contribution in [3.05, 3.63) is 60.2 Å². The summed E-state index contributed by atoms with van der Waals surface area (Å²) in [6.45, 7) is 5.39. The molecule has 0 spiro atoms. The Bertz CT molecular complexity index is 1000. The molecule has 1 atom stereocenters. The lowest BCUT2D eigenvalue weighted by Gasteiger charge is -2.37. The minimum absolute atomic E-state index is 0.00785. The van der Waals surface area contributed by atoms with Crippen LogP contribution in [0.3, 0.4) is 0 Å². The average molecular weight is 422 g/mol. The number of hydrogen-bond donors (Lipinski definition) is 1. The Balaban J connectivity index is 1.33. The molecular formula is C22H27N7O2. The van der Waals surface area contributed by atoms with Gasteiger partial charge in [-0.3, -0.25) is 9.69 Å². The Labute approximate surface area is 181 Å². The Morgan fingerprint density at radius 2 is 1.77 bits per heavy atom. The van der Waals surface area contributed by atoms with Crippen LogP contribution in [0.15, 0.2) is 54.6 Å². The van der Waals surface area contributed by atoms with Gasteiger partial charge in [0.15, 0.2) is 0 Å². The molecule has 1 fully saturated rings. The molecule has 1 saturated heterocycles. The molecule has 0 radical (unpaired) electrons. The number of carbonyl (C=O) groups excluding carboxylic acids is 1. The van der Waals surface area contributed by atoms with Crippen LogP contribution in [0.25, 0.3) is 5.69 Å². The van der Waals surface area contributed by atoms with Crippen LogP contribution in [0.2, 0.25) is 0 Å². The fraction of sp³-hybridized carbons (Fsp3) is 0.364. The molecule has 0 bridgehead atoms. The van der Waals surface area contributed by atoms with Gasteiger partial charge in [-0.2, -0.15) is 4.68 Å². The molecule has 1 aromatic heterocycles. The number of ether oxygens (including phenoxy) is 1. The third-order valence-corrected chi connectivity index (χ3v) is 5.62. The first-order chi connectivity index (χ1) is 15.2. The summed E-state index contributed by atoms with van der Waals surface area (Å²) in [6.07, 6.45) is 0. The minimum atomic E-state index is -0.220. The molecule has 162 valence electrons. The summed E-state index contributed by atoms with van der Waals surface area (Å²) in [5, 5.41) is 15.2. The zero-order valence-corrected chi connectivity index (χ0v) is 17.8. The summed E-state index contributed by atoms with van der Waals surface area (Å²) >= 11 is 0. The standard InChI is InChI=1S/C22H27N7O2/c1-17(21(30)23-16-18-8-6-7-11-20(18)31-2)27-12-14-28(15-13-27)22-24-25-26-29(22)19-9-4-3-5-10-19/h3-11,17H,12-16H2,1-2H3,(H,23,30). The van der Waals surface area contributed by atoms with E-state index >= 15 is 0 Å². The van der Waals surface area contributed by atoms with Crippen molar-refractivity contribution < 1.29 is 9.53 Å². The third kappa shape index (κ3) is 4.66. The number of hydrogen-bond acceptors (Lipinski definition) is 7. The molecule has 0 saturated carbocycles. The van der Waals surface area contributed by atoms with E-state index in [0.29, 0.717) is 6.54 Å². The number of anilines is 1. The molecule has 9 heteroatoms. The number of para-hydroxylation sites is 2. The highest BCUT2D eigenvalue weighted by Gasteiger charge is 2.27. The van der Waals surface area contributed by atoms with E-state index in [9.17, 15) is 4.79 Å². The maximum absolute atomic E-state index is 12.7. The molecule has 3 aromatic rings. The largest absolute Gasteiger partial charge is 0.496 e. The fourth-order valence-electron chi connectivity index (χ4n) is 3.77. The third-order valence-electron chi connectivity index (χ3n) is 5.62. The van der Waals surface area contributed by atoms with Crippen LogP contribution in [-0.2, 0) is 11.3 Å². The van der Waals surface area contributed by atoms with Crippen molar-refractivity contribution >= 4 is 11.9 Å². The summed E-state index contributed by atoms with van der Waals surface area (Å²) in [7, 11) is 1.64. The van der Waals surface area contributed by atoms with Crippen LogP contribution in [0.4, 0.5) is 5.95 Å². The van der Waals surface area contributed by atoms with Crippen molar-refractivity contribution in [2.45, 2.75) is 19.5 Å². The molecule has 1 N–H and O–H groups in total. The van der Waals surface area contributed by atoms with Gasteiger partial charge in [-0.1, -0.05) is 41.5 Å². The molecule has 1 amide bonds. The lowest BCUT2D eigenvalue weighted by atomic mass is 10.2. The molecule has 4 rings (SSSR count). The van der Waals surface area contributed by atoms with Crippen molar-refractivity contribution in [2.75, 3.05) is 38.2 Å². The summed E-state index contributed by atoms with van der Waals surface area (Å²) in [5.74, 6) is 1.51. The van der Waals surface area contributed by atoms with Crippen LogP contribution in [0.1, 0.15) is 12.5 Å². The van der Waals surface area contributed by atoms with Gasteiger partial charge in [-0.05, 0) is 35.5 Å². The summed E-state index contributed by atoms with van der Waals surface area (Å²) in [4.78, 5) is 17.1. The highest BCUT2D eigenvalue weighted by Crippen LogP contribution is 2.19.